The lowest BCUT2D eigenvalue weighted by molar-refractivity contribution is 0.102. The molecule has 0 saturated carbocycles. The number of carbonyl (C=O) groups excluding carboxylic acids is 2. The molecule has 6 nitrogen and oxygen atoms in total. The van der Waals surface area contributed by atoms with Crippen molar-refractivity contribution in [3.05, 3.63) is 84.7 Å². The SMILES string of the molecule is O=C(Nc1ccccc1)Nc1ccc(C(=O)Nc2cccnc2)cc1. The quantitative estimate of drug-likeness (QED) is 0.676. The summed E-state index contributed by atoms with van der Waals surface area (Å²) < 4.78 is 0. The van der Waals surface area contributed by atoms with Crippen LogP contribution >= 0.6 is 0 Å². The fourth-order valence-corrected chi connectivity index (χ4v) is 2.16. The number of rotatable bonds is 4. The molecule has 0 bridgehead atoms. The zero-order valence-corrected chi connectivity index (χ0v) is 13.3. The average Bonchev–Trinajstić information content (AvgIpc) is 2.64. The standard InChI is InChI=1S/C19H16N4O2/c24-18(21-17-7-4-12-20-13-17)14-8-10-16(11-9-14)23-19(25)22-15-5-2-1-3-6-15/h1-13H,(H,21,24)(H2,22,23,25). The predicted molar refractivity (Wildman–Crippen MR) is 97.7 cm³/mol. The molecule has 3 amide bonds. The highest BCUT2D eigenvalue weighted by Crippen LogP contribution is 2.13. The first kappa shape index (κ1) is 16.2. The molecule has 0 atom stereocenters. The predicted octanol–water partition coefficient (Wildman–Crippen LogP) is 3.98. The molecular formula is C19H16N4O2. The van der Waals surface area contributed by atoms with Crippen LogP contribution in [0.25, 0.3) is 0 Å². The molecule has 124 valence electrons. The summed E-state index contributed by atoms with van der Waals surface area (Å²) in [5.41, 5.74) is 2.40. The van der Waals surface area contributed by atoms with Crippen molar-refractivity contribution in [3.63, 3.8) is 0 Å². The minimum absolute atomic E-state index is 0.242. The van der Waals surface area contributed by atoms with E-state index in [1.165, 1.54) is 0 Å². The lowest BCUT2D eigenvalue weighted by Crippen LogP contribution is -2.19. The van der Waals surface area contributed by atoms with Crippen LogP contribution in [0.4, 0.5) is 21.9 Å². The first-order valence-electron chi connectivity index (χ1n) is 7.65. The summed E-state index contributed by atoms with van der Waals surface area (Å²) in [7, 11) is 0. The number of amides is 3. The van der Waals surface area contributed by atoms with Crippen molar-refractivity contribution in [3.8, 4) is 0 Å². The Morgan fingerprint density at radius 1 is 0.680 bits per heavy atom. The van der Waals surface area contributed by atoms with Crippen LogP contribution in [0.1, 0.15) is 10.4 Å². The number of anilines is 3. The van der Waals surface area contributed by atoms with E-state index < -0.39 is 0 Å². The van der Waals surface area contributed by atoms with E-state index in [0.29, 0.717) is 22.6 Å². The molecule has 3 rings (SSSR count). The molecular weight excluding hydrogens is 316 g/mol. The molecule has 3 aromatic rings. The van der Waals surface area contributed by atoms with E-state index in [-0.39, 0.29) is 11.9 Å². The molecule has 0 unspecified atom stereocenters. The van der Waals surface area contributed by atoms with E-state index in [1.807, 2.05) is 18.2 Å². The Hall–Kier alpha value is -3.67. The first-order valence-corrected chi connectivity index (χ1v) is 7.65. The Labute approximate surface area is 144 Å². The van der Waals surface area contributed by atoms with Gasteiger partial charge in [0.15, 0.2) is 0 Å². The largest absolute Gasteiger partial charge is 0.323 e. The van der Waals surface area contributed by atoms with Crippen molar-refractivity contribution < 1.29 is 9.59 Å². The van der Waals surface area contributed by atoms with Gasteiger partial charge in [0.05, 0.1) is 11.9 Å². The molecule has 0 aliphatic heterocycles. The molecule has 1 heterocycles. The third-order valence-corrected chi connectivity index (χ3v) is 3.36. The molecule has 0 aliphatic rings. The van der Waals surface area contributed by atoms with Crippen LogP contribution in [0.2, 0.25) is 0 Å². The second kappa shape index (κ2) is 7.74. The highest BCUT2D eigenvalue weighted by molar-refractivity contribution is 6.05. The van der Waals surface area contributed by atoms with Crippen molar-refractivity contribution in [2.45, 2.75) is 0 Å². The van der Waals surface area contributed by atoms with Crippen molar-refractivity contribution in [1.82, 2.24) is 4.98 Å². The van der Waals surface area contributed by atoms with Gasteiger partial charge in [-0.2, -0.15) is 0 Å². The van der Waals surface area contributed by atoms with Gasteiger partial charge in [-0.25, -0.2) is 4.79 Å². The van der Waals surface area contributed by atoms with Gasteiger partial charge in [-0.15, -0.1) is 0 Å². The van der Waals surface area contributed by atoms with Gasteiger partial charge in [-0.3, -0.25) is 9.78 Å². The molecule has 6 heteroatoms. The van der Waals surface area contributed by atoms with Gasteiger partial charge < -0.3 is 16.0 Å². The van der Waals surface area contributed by atoms with Gasteiger partial charge in [0.2, 0.25) is 0 Å². The first-order chi connectivity index (χ1) is 12.2. The van der Waals surface area contributed by atoms with Crippen molar-refractivity contribution >= 4 is 29.0 Å². The second-order valence-corrected chi connectivity index (χ2v) is 5.22. The Kier molecular flexibility index (Phi) is 5.01. The smallest absolute Gasteiger partial charge is 0.321 e. The summed E-state index contributed by atoms with van der Waals surface area (Å²) in [6.45, 7) is 0. The summed E-state index contributed by atoms with van der Waals surface area (Å²) in [5.74, 6) is -0.242. The van der Waals surface area contributed by atoms with Crippen LogP contribution in [-0.2, 0) is 0 Å². The van der Waals surface area contributed by atoms with Gasteiger partial charge >= 0.3 is 6.03 Å². The number of hydrogen-bond donors (Lipinski definition) is 3. The Bertz CT molecular complexity index is 850. The Morgan fingerprint density at radius 3 is 1.96 bits per heavy atom. The minimum atomic E-state index is -0.348. The van der Waals surface area contributed by atoms with Crippen LogP contribution in [-0.4, -0.2) is 16.9 Å². The van der Waals surface area contributed by atoms with Crippen LogP contribution in [0, 0.1) is 0 Å². The highest BCUT2D eigenvalue weighted by Gasteiger charge is 2.07. The van der Waals surface area contributed by atoms with Gasteiger partial charge in [0.1, 0.15) is 0 Å². The van der Waals surface area contributed by atoms with E-state index in [4.69, 9.17) is 0 Å². The van der Waals surface area contributed by atoms with Crippen LogP contribution in [0.15, 0.2) is 79.1 Å². The van der Waals surface area contributed by atoms with Gasteiger partial charge in [-0.1, -0.05) is 18.2 Å². The zero-order valence-electron chi connectivity index (χ0n) is 13.3. The number of benzene rings is 2. The average molecular weight is 332 g/mol. The summed E-state index contributed by atoms with van der Waals surface area (Å²) >= 11 is 0. The monoisotopic (exact) mass is 332 g/mol. The van der Waals surface area contributed by atoms with E-state index >= 15 is 0 Å². The second-order valence-electron chi connectivity index (χ2n) is 5.22. The van der Waals surface area contributed by atoms with Crippen LogP contribution < -0.4 is 16.0 Å². The maximum absolute atomic E-state index is 12.2. The van der Waals surface area contributed by atoms with E-state index in [0.717, 1.165) is 0 Å². The maximum Gasteiger partial charge on any atom is 0.323 e. The third-order valence-electron chi connectivity index (χ3n) is 3.36. The van der Waals surface area contributed by atoms with Crippen LogP contribution in [0.3, 0.4) is 0 Å². The topological polar surface area (TPSA) is 83.1 Å². The molecule has 2 aromatic carbocycles. The van der Waals surface area contributed by atoms with Crippen molar-refractivity contribution in [1.29, 1.82) is 0 Å². The van der Waals surface area contributed by atoms with E-state index in [1.54, 1.807) is 60.9 Å². The minimum Gasteiger partial charge on any atom is -0.321 e. The highest BCUT2D eigenvalue weighted by atomic mass is 16.2. The lowest BCUT2D eigenvalue weighted by Gasteiger charge is -2.08. The van der Waals surface area contributed by atoms with E-state index in [9.17, 15) is 9.59 Å². The molecule has 0 aliphatic carbocycles. The number of urea groups is 1. The maximum atomic E-state index is 12.2. The summed E-state index contributed by atoms with van der Waals surface area (Å²) in [4.78, 5) is 28.0. The van der Waals surface area contributed by atoms with E-state index in [2.05, 4.69) is 20.9 Å². The molecule has 0 saturated heterocycles. The normalized spacial score (nSPS) is 9.92. The number of hydrogen-bond acceptors (Lipinski definition) is 3. The molecule has 25 heavy (non-hydrogen) atoms. The number of nitrogens with one attached hydrogen (secondary N) is 3. The fraction of sp³-hybridized carbons (Fsp3) is 0. The number of carbonyl (C=O) groups is 2. The number of aromatic nitrogens is 1. The Balaban J connectivity index is 1.58. The molecule has 0 fully saturated rings. The molecule has 1 aromatic heterocycles. The van der Waals surface area contributed by atoms with Gasteiger partial charge in [0, 0.05) is 23.1 Å². The molecule has 0 spiro atoms. The summed E-state index contributed by atoms with van der Waals surface area (Å²) in [6.07, 6.45) is 3.21. The number of nitrogens with zero attached hydrogens (tertiary/aromatic N) is 1. The van der Waals surface area contributed by atoms with Gasteiger partial charge in [-0.05, 0) is 48.5 Å². The third kappa shape index (κ3) is 4.65. The number of pyridine rings is 1. The summed E-state index contributed by atoms with van der Waals surface area (Å²) in [6, 6.07) is 18.9. The Morgan fingerprint density at radius 2 is 1.32 bits per heavy atom. The lowest BCUT2D eigenvalue weighted by atomic mass is 10.2. The number of para-hydroxylation sites is 1. The van der Waals surface area contributed by atoms with Crippen molar-refractivity contribution in [2.75, 3.05) is 16.0 Å². The fourth-order valence-electron chi connectivity index (χ4n) is 2.16. The van der Waals surface area contributed by atoms with Gasteiger partial charge in [0.25, 0.3) is 5.91 Å². The molecule has 0 radical (unpaired) electrons. The zero-order chi connectivity index (χ0) is 17.5. The van der Waals surface area contributed by atoms with Crippen molar-refractivity contribution in [2.24, 2.45) is 0 Å². The van der Waals surface area contributed by atoms with Crippen LogP contribution in [0.5, 0.6) is 0 Å². The summed E-state index contributed by atoms with van der Waals surface area (Å²) in [5, 5.41) is 8.19. The molecule has 3 N–H and O–H groups in total.